The molecule has 17 heteroatoms. The summed E-state index contributed by atoms with van der Waals surface area (Å²) in [6, 6.07) is 13.4. The SMILES string of the molecule is CC1O[C@@H](Oc2cc(O)c3c(=O)c(O[C@@H]4OC(COC(=O)/C=C/c5ccc(O)cc5)[C@@H](O)C(O)[C@@H]4O)c(-c4ccc(O)cc4)oc3c2)[C@@H](O)C(O)[C@H]1O. The van der Waals surface area contributed by atoms with Gasteiger partial charge in [0.1, 0.15) is 83.3 Å². The zero-order chi connectivity index (χ0) is 38.1. The summed E-state index contributed by atoms with van der Waals surface area (Å²) < 4.78 is 33.8. The number of aliphatic hydroxyl groups is 6. The highest BCUT2D eigenvalue weighted by Crippen LogP contribution is 2.38. The van der Waals surface area contributed by atoms with E-state index in [1.165, 1.54) is 55.5 Å². The Labute approximate surface area is 299 Å². The number of phenols is 3. The van der Waals surface area contributed by atoms with Crippen LogP contribution in [0.2, 0.25) is 0 Å². The van der Waals surface area contributed by atoms with Crippen LogP contribution in [0.5, 0.6) is 28.7 Å². The Morgan fingerprint density at radius 1 is 0.755 bits per heavy atom. The summed E-state index contributed by atoms with van der Waals surface area (Å²) >= 11 is 0. The van der Waals surface area contributed by atoms with Gasteiger partial charge in [0.25, 0.3) is 0 Å². The first-order valence-corrected chi connectivity index (χ1v) is 16.2. The maximum absolute atomic E-state index is 14.0. The quantitative estimate of drug-likeness (QED) is 0.0820. The van der Waals surface area contributed by atoms with E-state index in [0.717, 1.165) is 12.1 Å². The Morgan fingerprint density at radius 3 is 2.02 bits per heavy atom. The first-order chi connectivity index (χ1) is 25.2. The summed E-state index contributed by atoms with van der Waals surface area (Å²) in [5, 5.41) is 92.5. The maximum atomic E-state index is 14.0. The van der Waals surface area contributed by atoms with Crippen LogP contribution in [-0.4, -0.2) is 120 Å². The van der Waals surface area contributed by atoms with Crippen molar-refractivity contribution in [1.82, 2.24) is 0 Å². The van der Waals surface area contributed by atoms with Gasteiger partial charge in [-0.3, -0.25) is 4.79 Å². The molecule has 2 aliphatic rings. The molecule has 4 unspecified atom stereocenters. The number of phenolic OH excluding ortho intramolecular Hbond substituents is 3. The van der Waals surface area contributed by atoms with Crippen molar-refractivity contribution in [2.75, 3.05) is 6.61 Å². The second-order valence-corrected chi connectivity index (χ2v) is 12.4. The number of ether oxygens (including phenoxy) is 5. The Morgan fingerprint density at radius 2 is 1.36 bits per heavy atom. The largest absolute Gasteiger partial charge is 0.508 e. The van der Waals surface area contributed by atoms with Crippen LogP contribution in [0.3, 0.4) is 0 Å². The van der Waals surface area contributed by atoms with Gasteiger partial charge >= 0.3 is 5.97 Å². The summed E-state index contributed by atoms with van der Waals surface area (Å²) in [7, 11) is 0. The average molecular weight is 741 g/mol. The summed E-state index contributed by atoms with van der Waals surface area (Å²) in [6.07, 6.45) is -13.7. The van der Waals surface area contributed by atoms with E-state index in [-0.39, 0.29) is 34.2 Å². The molecule has 0 aliphatic carbocycles. The fraction of sp³-hybridized carbons (Fsp3) is 0.333. The van der Waals surface area contributed by atoms with Gasteiger partial charge in [-0.15, -0.1) is 0 Å². The van der Waals surface area contributed by atoms with Gasteiger partial charge in [-0.2, -0.15) is 0 Å². The van der Waals surface area contributed by atoms with E-state index in [2.05, 4.69) is 0 Å². The monoisotopic (exact) mass is 740 g/mol. The predicted molar refractivity (Wildman–Crippen MR) is 180 cm³/mol. The van der Waals surface area contributed by atoms with E-state index in [4.69, 9.17) is 28.1 Å². The minimum Gasteiger partial charge on any atom is -0.508 e. The first-order valence-electron chi connectivity index (χ1n) is 16.2. The van der Waals surface area contributed by atoms with Crippen LogP contribution in [0.4, 0.5) is 0 Å². The lowest BCUT2D eigenvalue weighted by Crippen LogP contribution is -2.60. The third kappa shape index (κ3) is 7.92. The highest BCUT2D eigenvalue weighted by Gasteiger charge is 2.46. The molecule has 10 atom stereocenters. The summed E-state index contributed by atoms with van der Waals surface area (Å²) in [5.41, 5.74) is -0.555. The summed E-state index contributed by atoms with van der Waals surface area (Å²) in [4.78, 5) is 26.4. The number of benzene rings is 3. The first kappa shape index (κ1) is 37.5. The number of hydrogen-bond donors (Lipinski definition) is 9. The third-order valence-electron chi connectivity index (χ3n) is 8.69. The van der Waals surface area contributed by atoms with Gasteiger partial charge < -0.3 is 74.1 Å². The predicted octanol–water partition coefficient (Wildman–Crippen LogP) is 0.226. The van der Waals surface area contributed by atoms with Crippen molar-refractivity contribution in [2.45, 2.75) is 68.3 Å². The molecule has 0 bridgehead atoms. The molecule has 0 saturated carbocycles. The maximum Gasteiger partial charge on any atom is 0.330 e. The molecule has 282 valence electrons. The van der Waals surface area contributed by atoms with Crippen LogP contribution < -0.4 is 14.9 Å². The lowest BCUT2D eigenvalue weighted by Gasteiger charge is -2.39. The lowest BCUT2D eigenvalue weighted by molar-refractivity contribution is -0.278. The van der Waals surface area contributed by atoms with Crippen LogP contribution in [-0.2, 0) is 19.0 Å². The molecule has 2 saturated heterocycles. The molecular formula is C36H36O17. The second-order valence-electron chi connectivity index (χ2n) is 12.4. The van der Waals surface area contributed by atoms with Gasteiger partial charge in [0.05, 0.1) is 6.10 Å². The molecule has 53 heavy (non-hydrogen) atoms. The van der Waals surface area contributed by atoms with Crippen molar-refractivity contribution < 1.29 is 78.9 Å². The molecular weight excluding hydrogens is 704 g/mol. The van der Waals surface area contributed by atoms with Gasteiger partial charge in [-0.05, 0) is 55.0 Å². The number of carbonyl (C=O) groups is 1. The highest BCUT2D eigenvalue weighted by atomic mass is 16.7. The van der Waals surface area contributed by atoms with Crippen LogP contribution in [0.15, 0.2) is 76.0 Å². The second kappa shape index (κ2) is 15.4. The minimum atomic E-state index is -1.96. The topological polar surface area (TPSA) is 276 Å². The summed E-state index contributed by atoms with van der Waals surface area (Å²) in [6.45, 7) is 0.817. The molecule has 1 aromatic heterocycles. The van der Waals surface area contributed by atoms with Crippen molar-refractivity contribution >= 4 is 23.0 Å². The number of aliphatic hydroxyl groups excluding tert-OH is 6. The van der Waals surface area contributed by atoms with Crippen LogP contribution in [0, 0.1) is 0 Å². The fourth-order valence-electron chi connectivity index (χ4n) is 5.71. The smallest absolute Gasteiger partial charge is 0.330 e. The van der Waals surface area contributed by atoms with Crippen molar-refractivity contribution in [2.24, 2.45) is 0 Å². The molecule has 4 aromatic rings. The van der Waals surface area contributed by atoms with Gasteiger partial charge in [0, 0.05) is 23.8 Å². The van der Waals surface area contributed by atoms with Crippen molar-refractivity contribution in [3.63, 3.8) is 0 Å². The fourth-order valence-corrected chi connectivity index (χ4v) is 5.71. The Balaban J connectivity index is 1.29. The van der Waals surface area contributed by atoms with E-state index in [1.807, 2.05) is 0 Å². The molecule has 3 heterocycles. The van der Waals surface area contributed by atoms with Gasteiger partial charge in [-0.1, -0.05) is 12.1 Å². The number of fused-ring (bicyclic) bond motifs is 1. The number of carbonyl (C=O) groups excluding carboxylic acids is 1. The van der Waals surface area contributed by atoms with Crippen molar-refractivity contribution in [1.29, 1.82) is 0 Å². The third-order valence-corrected chi connectivity index (χ3v) is 8.69. The number of aromatic hydroxyl groups is 3. The molecule has 0 spiro atoms. The molecule has 6 rings (SSSR count). The van der Waals surface area contributed by atoms with E-state index in [1.54, 1.807) is 12.1 Å². The van der Waals surface area contributed by atoms with Crippen LogP contribution in [0.1, 0.15) is 12.5 Å². The molecule has 3 aromatic carbocycles. The highest BCUT2D eigenvalue weighted by molar-refractivity contribution is 5.88. The zero-order valence-corrected chi connectivity index (χ0v) is 27.7. The summed E-state index contributed by atoms with van der Waals surface area (Å²) in [5.74, 6) is -2.78. The average Bonchev–Trinajstić information content (AvgIpc) is 3.13. The zero-order valence-electron chi connectivity index (χ0n) is 27.7. The van der Waals surface area contributed by atoms with Crippen LogP contribution in [0.25, 0.3) is 28.4 Å². The number of esters is 1. The van der Waals surface area contributed by atoms with E-state index in [9.17, 15) is 55.5 Å². The van der Waals surface area contributed by atoms with E-state index >= 15 is 0 Å². The minimum absolute atomic E-state index is 0.0320. The number of rotatable bonds is 9. The lowest BCUT2D eigenvalue weighted by atomic mass is 9.99. The van der Waals surface area contributed by atoms with E-state index in [0.29, 0.717) is 5.56 Å². The Kier molecular flexibility index (Phi) is 10.9. The van der Waals surface area contributed by atoms with Gasteiger partial charge in [-0.25, -0.2) is 4.79 Å². The molecule has 17 nitrogen and oxygen atoms in total. The van der Waals surface area contributed by atoms with Crippen molar-refractivity contribution in [3.8, 4) is 40.1 Å². The Hall–Kier alpha value is -5.24. The van der Waals surface area contributed by atoms with Gasteiger partial charge in [0.15, 0.2) is 5.76 Å². The molecule has 9 N–H and O–H groups in total. The molecule has 0 amide bonds. The van der Waals surface area contributed by atoms with E-state index < -0.39 is 96.3 Å². The van der Waals surface area contributed by atoms with Crippen molar-refractivity contribution in [3.05, 3.63) is 82.5 Å². The van der Waals surface area contributed by atoms with Crippen LogP contribution >= 0.6 is 0 Å². The van der Waals surface area contributed by atoms with Gasteiger partial charge in [0.2, 0.25) is 23.8 Å². The normalized spacial score (nSPS) is 28.9. The Bertz CT molecular complexity index is 2010. The molecule has 0 radical (unpaired) electrons. The molecule has 2 fully saturated rings. The number of hydrogen-bond acceptors (Lipinski definition) is 17. The standard InChI is InChI=1S/C36H36O17/c1-15-26(41)29(44)31(46)35(49-15)50-20-12-21(39)25-22(13-20)51-33(17-5-9-19(38)10-6-17)34(28(25)43)53-36-32(47)30(45)27(42)23(52-36)14-48-24(40)11-4-16-2-7-18(37)8-3-16/h2-13,15,23,26-27,29-32,35-39,41-42,44-47H,14H2,1H3/b11-4+/t15?,23?,26-,27+,29?,30?,31-,32-,35-,36-/m0/s1. The molecule has 2 aliphatic heterocycles.